The molecule has 0 aliphatic heterocycles. The Labute approximate surface area is 135 Å². The van der Waals surface area contributed by atoms with E-state index >= 15 is 0 Å². The van der Waals surface area contributed by atoms with E-state index in [1.165, 1.54) is 19.3 Å². The largest absolute Gasteiger partial charge is 0.323 e. The van der Waals surface area contributed by atoms with Crippen LogP contribution in [0.4, 0.5) is 0 Å². The second-order valence-electron chi connectivity index (χ2n) is 6.42. The maximum Gasteiger partial charge on any atom is 0.156 e. The Morgan fingerprint density at radius 3 is 2.18 bits per heavy atom. The Morgan fingerprint density at radius 1 is 1.23 bits per heavy atom. The first-order valence-electron chi connectivity index (χ1n) is 8.39. The lowest BCUT2D eigenvalue weighted by Gasteiger charge is -2.20. The molecule has 0 heterocycles. The molecule has 0 bridgehead atoms. The molecule has 3 N–H and O–H groups in total. The van der Waals surface area contributed by atoms with Gasteiger partial charge in [0.15, 0.2) is 5.78 Å². The van der Waals surface area contributed by atoms with Gasteiger partial charge in [0.2, 0.25) is 0 Å². The van der Waals surface area contributed by atoms with Gasteiger partial charge >= 0.3 is 0 Å². The van der Waals surface area contributed by atoms with Gasteiger partial charge in [0.1, 0.15) is 0 Å². The number of ketones is 1. The van der Waals surface area contributed by atoms with Crippen molar-refractivity contribution in [3.05, 3.63) is 0 Å². The van der Waals surface area contributed by atoms with E-state index in [2.05, 4.69) is 29.3 Å². The molecule has 5 nitrogen and oxygen atoms in total. The van der Waals surface area contributed by atoms with E-state index in [0.29, 0.717) is 12.0 Å². The van der Waals surface area contributed by atoms with E-state index in [4.69, 9.17) is 5.84 Å². The van der Waals surface area contributed by atoms with Crippen molar-refractivity contribution in [3.63, 3.8) is 0 Å². The van der Waals surface area contributed by atoms with Crippen LogP contribution in [0.3, 0.4) is 0 Å². The second kappa shape index (κ2) is 12.3. The quantitative estimate of drug-likeness (QED) is 0.450. The number of rotatable bonds is 6. The third-order valence-corrected chi connectivity index (χ3v) is 3.86. The molecular formula is C17H34N4O. The molecule has 1 fully saturated rings. The third-order valence-electron chi connectivity index (χ3n) is 3.86. The molecule has 5 heteroatoms. The molecule has 22 heavy (non-hydrogen) atoms. The Morgan fingerprint density at radius 2 is 1.77 bits per heavy atom. The van der Waals surface area contributed by atoms with Gasteiger partial charge in [0.25, 0.3) is 0 Å². The van der Waals surface area contributed by atoms with E-state index in [1.54, 1.807) is 6.21 Å². The lowest BCUT2D eigenvalue weighted by atomic mass is 9.86. The van der Waals surface area contributed by atoms with Crippen LogP contribution in [-0.4, -0.2) is 37.3 Å². The summed E-state index contributed by atoms with van der Waals surface area (Å²) in [7, 11) is 1.95. The van der Waals surface area contributed by atoms with Crippen LogP contribution in [0, 0.1) is 11.8 Å². The average Bonchev–Trinajstić information content (AvgIpc) is 2.52. The van der Waals surface area contributed by atoms with Gasteiger partial charge in [-0.1, -0.05) is 47.0 Å². The van der Waals surface area contributed by atoms with Crippen LogP contribution < -0.4 is 11.2 Å². The van der Waals surface area contributed by atoms with Crippen LogP contribution in [0.15, 0.2) is 10.1 Å². The molecule has 128 valence electrons. The van der Waals surface area contributed by atoms with E-state index in [-0.39, 0.29) is 18.2 Å². The lowest BCUT2D eigenvalue weighted by Crippen LogP contribution is -2.21. The molecule has 1 rings (SSSR count). The summed E-state index contributed by atoms with van der Waals surface area (Å²) >= 11 is 0. The predicted octanol–water partition coefficient (Wildman–Crippen LogP) is 2.79. The second-order valence-corrected chi connectivity index (χ2v) is 6.42. The minimum atomic E-state index is 0.0418. The number of carbonyl (C=O) groups excluding carboxylic acids is 1. The first-order valence-corrected chi connectivity index (χ1v) is 8.39. The van der Waals surface area contributed by atoms with Gasteiger partial charge in [-0.3, -0.25) is 9.79 Å². The monoisotopic (exact) mass is 310 g/mol. The van der Waals surface area contributed by atoms with Crippen LogP contribution in [0.1, 0.15) is 59.8 Å². The van der Waals surface area contributed by atoms with Crippen molar-refractivity contribution in [3.8, 4) is 0 Å². The minimum Gasteiger partial charge on any atom is -0.323 e. The smallest absolute Gasteiger partial charge is 0.156 e. The van der Waals surface area contributed by atoms with Crippen molar-refractivity contribution in [1.82, 2.24) is 5.32 Å². The van der Waals surface area contributed by atoms with Gasteiger partial charge in [-0.2, -0.15) is 5.10 Å². The zero-order valence-electron chi connectivity index (χ0n) is 14.9. The summed E-state index contributed by atoms with van der Waals surface area (Å²) in [5.41, 5.74) is 0.848. The van der Waals surface area contributed by atoms with Gasteiger partial charge in [0.05, 0.1) is 12.3 Å². The van der Waals surface area contributed by atoms with Gasteiger partial charge in [-0.15, -0.1) is 0 Å². The number of hydrogen-bond donors (Lipinski definition) is 2. The summed E-state index contributed by atoms with van der Waals surface area (Å²) < 4.78 is 0. The Kier molecular flexibility index (Phi) is 11.6. The van der Waals surface area contributed by atoms with Crippen molar-refractivity contribution in [2.45, 2.75) is 65.8 Å². The molecule has 0 saturated heterocycles. The molecule has 0 unspecified atom stereocenters. The zero-order valence-corrected chi connectivity index (χ0v) is 14.9. The van der Waals surface area contributed by atoms with Crippen molar-refractivity contribution in [1.29, 1.82) is 0 Å². The van der Waals surface area contributed by atoms with E-state index in [1.807, 2.05) is 20.9 Å². The highest BCUT2D eigenvalue weighted by Crippen LogP contribution is 2.24. The Bertz CT molecular complexity index is 356. The summed E-state index contributed by atoms with van der Waals surface area (Å²) in [4.78, 5) is 15.6. The summed E-state index contributed by atoms with van der Waals surface area (Å²) in [5, 5.41) is 6.84. The van der Waals surface area contributed by atoms with E-state index in [9.17, 15) is 4.79 Å². The van der Waals surface area contributed by atoms with Crippen LogP contribution in [0.2, 0.25) is 0 Å². The highest BCUT2D eigenvalue weighted by molar-refractivity contribution is 6.31. The molecule has 1 aliphatic carbocycles. The molecule has 0 amide bonds. The lowest BCUT2D eigenvalue weighted by molar-refractivity contribution is -0.120. The fourth-order valence-electron chi connectivity index (χ4n) is 2.05. The van der Waals surface area contributed by atoms with Crippen molar-refractivity contribution in [2.24, 2.45) is 27.8 Å². The van der Waals surface area contributed by atoms with Gasteiger partial charge < -0.3 is 11.2 Å². The van der Waals surface area contributed by atoms with Crippen LogP contribution in [0.25, 0.3) is 0 Å². The SMILES string of the molecule is CC(C)C(=O)CN=C/C(=N\N)C1CCCCC1.CNC(C)C. The number of nitrogens with zero attached hydrogens (tertiary/aromatic N) is 2. The van der Waals surface area contributed by atoms with Crippen molar-refractivity contribution < 1.29 is 4.79 Å². The number of hydrogen-bond acceptors (Lipinski definition) is 5. The van der Waals surface area contributed by atoms with Crippen LogP contribution in [0.5, 0.6) is 0 Å². The molecule has 1 aliphatic rings. The number of carbonyl (C=O) groups is 1. The molecule has 0 atom stereocenters. The minimum absolute atomic E-state index is 0.0418. The number of nitrogens with two attached hydrogens (primary N) is 1. The summed E-state index contributed by atoms with van der Waals surface area (Å²) in [6.45, 7) is 8.23. The van der Waals surface area contributed by atoms with Crippen LogP contribution >= 0.6 is 0 Å². The van der Waals surface area contributed by atoms with Gasteiger partial charge in [-0.05, 0) is 19.9 Å². The van der Waals surface area contributed by atoms with E-state index < -0.39 is 0 Å². The predicted molar refractivity (Wildman–Crippen MR) is 95.6 cm³/mol. The molecule has 0 radical (unpaired) electrons. The van der Waals surface area contributed by atoms with Gasteiger partial charge in [-0.25, -0.2) is 0 Å². The first-order chi connectivity index (χ1) is 10.4. The van der Waals surface area contributed by atoms with E-state index in [0.717, 1.165) is 18.6 Å². The highest BCUT2D eigenvalue weighted by atomic mass is 16.1. The molecule has 0 spiro atoms. The zero-order chi connectivity index (χ0) is 17.0. The normalized spacial score (nSPS) is 17.0. The number of hydrazone groups is 1. The standard InChI is InChI=1S/C13H23N3O.C4H11N/c1-10(2)13(17)9-15-8-12(16-14)11-6-4-3-5-7-11;1-4(2)5-3/h8,10-11H,3-7,9,14H2,1-2H3;4-5H,1-3H3/b15-8?,16-12+;. The topological polar surface area (TPSA) is 79.8 Å². The molecular weight excluding hydrogens is 276 g/mol. The summed E-state index contributed by atoms with van der Waals surface area (Å²) in [6, 6.07) is 0.634. The average molecular weight is 310 g/mol. The Balaban J connectivity index is 0.000000763. The maximum absolute atomic E-state index is 11.4. The highest BCUT2D eigenvalue weighted by Gasteiger charge is 2.18. The fraction of sp³-hybridized carbons (Fsp3) is 0.824. The number of Topliss-reactive ketones (excluding diaryl/α,β-unsaturated/α-hetero) is 1. The third kappa shape index (κ3) is 9.66. The van der Waals surface area contributed by atoms with Crippen molar-refractivity contribution in [2.75, 3.05) is 13.6 Å². The number of aliphatic imine (C=N–C) groups is 1. The number of nitrogens with one attached hydrogen (secondary N) is 1. The molecule has 0 aromatic carbocycles. The molecule has 1 saturated carbocycles. The van der Waals surface area contributed by atoms with Crippen LogP contribution in [-0.2, 0) is 4.79 Å². The van der Waals surface area contributed by atoms with Gasteiger partial charge in [0, 0.05) is 24.1 Å². The fourth-order valence-corrected chi connectivity index (χ4v) is 2.05. The molecule has 0 aromatic heterocycles. The molecule has 0 aromatic rings. The van der Waals surface area contributed by atoms with Crippen molar-refractivity contribution >= 4 is 17.7 Å². The summed E-state index contributed by atoms with van der Waals surface area (Å²) in [6.07, 6.45) is 7.75. The Hall–Kier alpha value is -1.23. The summed E-state index contributed by atoms with van der Waals surface area (Å²) in [5.74, 6) is 6.02. The first kappa shape index (κ1) is 20.8. The maximum atomic E-state index is 11.4.